The first-order valence-electron chi connectivity index (χ1n) is 6.89. The van der Waals surface area contributed by atoms with E-state index in [0.29, 0.717) is 5.65 Å². The fourth-order valence-electron chi connectivity index (χ4n) is 2.10. The van der Waals surface area contributed by atoms with Gasteiger partial charge in [0.2, 0.25) is 0 Å². The Labute approximate surface area is 122 Å². The van der Waals surface area contributed by atoms with E-state index in [1.165, 1.54) is 4.57 Å². The number of fused-ring (bicyclic) bond motifs is 1. The fraction of sp³-hybridized carbons (Fsp3) is 0.231. The van der Waals surface area contributed by atoms with Crippen molar-refractivity contribution in [1.29, 1.82) is 0 Å². The number of hydrogen-bond donors (Lipinski definition) is 0. The lowest BCUT2D eigenvalue weighted by Gasteiger charge is -2.01. The summed E-state index contributed by atoms with van der Waals surface area (Å²) in [6.07, 6.45) is 3.26. The first-order valence-corrected chi connectivity index (χ1v) is 6.47. The predicted molar refractivity (Wildman–Crippen MR) is 78.4 cm³/mol. The third kappa shape index (κ3) is 1.65. The van der Waals surface area contributed by atoms with Crippen LogP contribution in [0, 0.1) is 17.4 Å². The molecule has 0 unspecified atom stereocenters. The van der Waals surface area contributed by atoms with Gasteiger partial charge >= 0.3 is 0 Å². The molecular formula is C13H12IN3O. The Balaban J connectivity index is 2.25. The van der Waals surface area contributed by atoms with Crippen LogP contribution in [0.2, 0.25) is 0 Å². The molecule has 0 bridgehead atoms. The molecule has 0 fully saturated rings. The molecule has 0 aromatic carbocycles. The van der Waals surface area contributed by atoms with Gasteiger partial charge in [-0.1, -0.05) is 5.16 Å². The topological polar surface area (TPSA) is 43.9 Å². The number of aryl methyl sites for hydroxylation is 3. The van der Waals surface area contributed by atoms with Crippen LogP contribution in [0.3, 0.4) is 0 Å². The van der Waals surface area contributed by atoms with Gasteiger partial charge in [-0.05, 0) is 42.5 Å². The summed E-state index contributed by atoms with van der Waals surface area (Å²) >= 11 is 2.12. The van der Waals surface area contributed by atoms with Crippen LogP contribution in [0.1, 0.15) is 15.6 Å². The Hall–Kier alpha value is -1.37. The predicted octanol–water partition coefficient (Wildman–Crippen LogP) is 3.45. The van der Waals surface area contributed by atoms with Crippen LogP contribution in [0.25, 0.3) is 22.2 Å². The maximum Gasteiger partial charge on any atom is 0.141 e. The maximum absolute atomic E-state index is 7.56. The van der Waals surface area contributed by atoms with Gasteiger partial charge in [-0.25, -0.2) is 4.98 Å². The normalized spacial score (nSPS) is 14.5. The van der Waals surface area contributed by atoms with Crippen molar-refractivity contribution < 1.29 is 8.64 Å². The molecule has 0 aliphatic carbocycles. The lowest BCUT2D eigenvalue weighted by molar-refractivity contribution is 0.393. The second-order valence-corrected chi connectivity index (χ2v) is 5.30. The number of pyridine rings is 1. The van der Waals surface area contributed by atoms with Gasteiger partial charge in [-0.2, -0.15) is 0 Å². The van der Waals surface area contributed by atoms with Gasteiger partial charge in [0.25, 0.3) is 0 Å². The van der Waals surface area contributed by atoms with E-state index >= 15 is 0 Å². The highest BCUT2D eigenvalue weighted by molar-refractivity contribution is 14.1. The maximum atomic E-state index is 7.56. The van der Waals surface area contributed by atoms with Gasteiger partial charge in [-0.15, -0.1) is 0 Å². The summed E-state index contributed by atoms with van der Waals surface area (Å²) in [6.45, 7) is 1.48. The molecule has 0 aliphatic heterocycles. The highest BCUT2D eigenvalue weighted by Gasteiger charge is 2.14. The van der Waals surface area contributed by atoms with Crippen LogP contribution in [-0.4, -0.2) is 14.7 Å². The van der Waals surface area contributed by atoms with Crippen LogP contribution < -0.4 is 0 Å². The second kappa shape index (κ2) is 4.08. The van der Waals surface area contributed by atoms with Gasteiger partial charge < -0.3 is 9.09 Å². The summed E-state index contributed by atoms with van der Waals surface area (Å²) < 4.78 is 29.9. The first-order chi connectivity index (χ1) is 9.79. The van der Waals surface area contributed by atoms with Crippen molar-refractivity contribution in [3.8, 4) is 11.1 Å². The summed E-state index contributed by atoms with van der Waals surface area (Å²) in [5.41, 5.74) is 3.02. The fourth-order valence-corrected chi connectivity index (χ4v) is 2.78. The molecule has 0 spiro atoms. The third-order valence-electron chi connectivity index (χ3n) is 2.92. The van der Waals surface area contributed by atoms with Crippen LogP contribution >= 0.6 is 22.6 Å². The number of nitrogens with zero attached hydrogens (tertiary/aromatic N) is 3. The van der Waals surface area contributed by atoms with Gasteiger partial charge in [0, 0.05) is 43.6 Å². The van der Waals surface area contributed by atoms with Crippen molar-refractivity contribution in [2.24, 2.45) is 6.98 Å². The number of rotatable bonds is 1. The van der Waals surface area contributed by atoms with Gasteiger partial charge in [0.15, 0.2) is 0 Å². The lowest BCUT2D eigenvalue weighted by atomic mass is 10.1. The van der Waals surface area contributed by atoms with E-state index in [1.807, 2.05) is 19.9 Å². The average Bonchev–Trinajstić information content (AvgIpc) is 2.90. The van der Waals surface area contributed by atoms with E-state index < -0.39 is 6.98 Å². The SMILES string of the molecule is [2H]C([2H])([2H])n1cc(I)c2cc(-c3c(C)noc3C)cnc21. The van der Waals surface area contributed by atoms with E-state index in [2.05, 4.69) is 32.7 Å². The summed E-state index contributed by atoms with van der Waals surface area (Å²) in [5.74, 6) is 0.721. The van der Waals surface area contributed by atoms with Crippen molar-refractivity contribution in [3.63, 3.8) is 0 Å². The molecule has 4 nitrogen and oxygen atoms in total. The van der Waals surface area contributed by atoms with Crippen molar-refractivity contribution >= 4 is 33.6 Å². The van der Waals surface area contributed by atoms with E-state index in [4.69, 9.17) is 8.64 Å². The largest absolute Gasteiger partial charge is 0.361 e. The number of halogens is 1. The Kier molecular flexibility index (Phi) is 1.97. The zero-order valence-corrected chi connectivity index (χ0v) is 12.0. The van der Waals surface area contributed by atoms with Crippen LogP contribution in [0.5, 0.6) is 0 Å². The summed E-state index contributed by atoms with van der Waals surface area (Å²) in [4.78, 5) is 4.34. The van der Waals surface area contributed by atoms with Crippen LogP contribution in [0.4, 0.5) is 0 Å². The van der Waals surface area contributed by atoms with Crippen molar-refractivity contribution in [3.05, 3.63) is 33.5 Å². The highest BCUT2D eigenvalue weighted by atomic mass is 127. The molecular weight excluding hydrogens is 341 g/mol. The molecule has 92 valence electrons. The average molecular weight is 356 g/mol. The molecule has 0 saturated heterocycles. The van der Waals surface area contributed by atoms with Gasteiger partial charge in [0.05, 0.1) is 5.69 Å². The first kappa shape index (κ1) is 8.68. The third-order valence-corrected chi connectivity index (χ3v) is 3.78. The smallest absolute Gasteiger partial charge is 0.141 e. The molecule has 3 aromatic rings. The Bertz CT molecular complexity index is 816. The molecule has 3 rings (SSSR count). The molecule has 0 atom stereocenters. The molecule has 18 heavy (non-hydrogen) atoms. The monoisotopic (exact) mass is 356 g/mol. The molecule has 3 aromatic heterocycles. The molecule has 0 aliphatic rings. The van der Waals surface area contributed by atoms with Gasteiger partial charge in [-0.3, -0.25) is 0 Å². The minimum atomic E-state index is -2.24. The molecule has 0 amide bonds. The highest BCUT2D eigenvalue weighted by Crippen LogP contribution is 2.30. The van der Waals surface area contributed by atoms with Crippen molar-refractivity contribution in [2.45, 2.75) is 13.8 Å². The van der Waals surface area contributed by atoms with Crippen molar-refractivity contribution in [2.75, 3.05) is 0 Å². The number of aromatic nitrogens is 3. The van der Waals surface area contributed by atoms with Crippen LogP contribution in [-0.2, 0) is 6.98 Å². The minimum absolute atomic E-state index is 0.454. The molecule has 5 heteroatoms. The van der Waals surface area contributed by atoms with E-state index in [-0.39, 0.29) is 0 Å². The van der Waals surface area contributed by atoms with E-state index in [9.17, 15) is 0 Å². The molecule has 0 N–H and O–H groups in total. The Morgan fingerprint density at radius 2 is 2.28 bits per heavy atom. The van der Waals surface area contributed by atoms with Gasteiger partial charge in [0.1, 0.15) is 11.4 Å². The molecule has 0 radical (unpaired) electrons. The lowest BCUT2D eigenvalue weighted by Crippen LogP contribution is -1.89. The standard InChI is InChI=1S/C13H12IN3O/c1-7-12(8(2)18-16-7)9-4-10-11(14)6-17(3)13(10)15-5-9/h4-6H,1-3H3/i3D3. The summed E-state index contributed by atoms with van der Waals surface area (Å²) in [7, 11) is 0. The van der Waals surface area contributed by atoms with Crippen LogP contribution in [0.15, 0.2) is 23.0 Å². The van der Waals surface area contributed by atoms with Crippen molar-refractivity contribution in [1.82, 2.24) is 14.7 Å². The Morgan fingerprint density at radius 3 is 2.94 bits per heavy atom. The quantitative estimate of drug-likeness (QED) is 0.628. The molecule has 0 saturated carbocycles. The zero-order chi connectivity index (χ0) is 15.4. The minimum Gasteiger partial charge on any atom is -0.361 e. The zero-order valence-electron chi connectivity index (χ0n) is 12.9. The molecule has 3 heterocycles. The second-order valence-electron chi connectivity index (χ2n) is 4.14. The number of hydrogen-bond acceptors (Lipinski definition) is 3. The summed E-state index contributed by atoms with van der Waals surface area (Å²) in [5, 5.41) is 4.75. The summed E-state index contributed by atoms with van der Waals surface area (Å²) in [6, 6.07) is 1.93. The Morgan fingerprint density at radius 1 is 1.44 bits per heavy atom. The van der Waals surface area contributed by atoms with E-state index in [1.54, 1.807) is 12.4 Å². The van der Waals surface area contributed by atoms with E-state index in [0.717, 1.165) is 31.5 Å².